The van der Waals surface area contributed by atoms with Gasteiger partial charge < -0.3 is 9.88 Å². The monoisotopic (exact) mass is 298 g/mol. The summed E-state index contributed by atoms with van der Waals surface area (Å²) in [5, 5.41) is 3.93. The Hall–Kier alpha value is -2.10. The molecule has 4 nitrogen and oxygen atoms in total. The van der Waals surface area contributed by atoms with Crippen LogP contribution in [0, 0.1) is 11.3 Å². The molecule has 22 heavy (non-hydrogen) atoms. The van der Waals surface area contributed by atoms with Crippen molar-refractivity contribution in [3.8, 4) is 0 Å². The molecule has 116 valence electrons. The molecule has 1 aromatic carbocycles. The number of benzene rings is 1. The van der Waals surface area contributed by atoms with E-state index in [-0.39, 0.29) is 17.6 Å². The predicted octanol–water partition coefficient (Wildman–Crippen LogP) is 3.76. The Kier molecular flexibility index (Phi) is 3.35. The number of Topliss-reactive ketones (excluding diaryl/α,β-unsaturated/α-hetero) is 1. The molecule has 3 rings (SSSR count). The van der Waals surface area contributed by atoms with Gasteiger partial charge in [0.15, 0.2) is 5.78 Å². The summed E-state index contributed by atoms with van der Waals surface area (Å²) in [4.78, 5) is 24.4. The second kappa shape index (κ2) is 4.97. The van der Waals surface area contributed by atoms with Crippen molar-refractivity contribution >= 4 is 28.3 Å². The van der Waals surface area contributed by atoms with Crippen LogP contribution in [0.25, 0.3) is 10.9 Å². The molecule has 0 radical (unpaired) electrons. The van der Waals surface area contributed by atoms with Crippen molar-refractivity contribution in [3.05, 3.63) is 30.0 Å². The summed E-state index contributed by atoms with van der Waals surface area (Å²) in [5.74, 6) is 0.403. The third kappa shape index (κ3) is 2.65. The van der Waals surface area contributed by atoms with Crippen LogP contribution in [-0.4, -0.2) is 16.3 Å². The lowest BCUT2D eigenvalue weighted by molar-refractivity contribution is -0.117. The maximum absolute atomic E-state index is 12.5. The fourth-order valence-corrected chi connectivity index (χ4v) is 2.62. The number of nitrogens with one attached hydrogen (secondary N) is 1. The van der Waals surface area contributed by atoms with E-state index in [1.54, 1.807) is 0 Å². The predicted molar refractivity (Wildman–Crippen MR) is 88.1 cm³/mol. The molecule has 0 saturated heterocycles. The van der Waals surface area contributed by atoms with Crippen LogP contribution in [0.2, 0.25) is 0 Å². The first-order chi connectivity index (χ1) is 10.3. The van der Waals surface area contributed by atoms with E-state index < -0.39 is 5.41 Å². The number of anilines is 1. The number of carbonyl (C=O) groups is 2. The normalized spacial score (nSPS) is 15.1. The highest BCUT2D eigenvalue weighted by Gasteiger charge is 2.30. The van der Waals surface area contributed by atoms with Gasteiger partial charge in [-0.25, -0.2) is 0 Å². The lowest BCUT2D eigenvalue weighted by Crippen LogP contribution is -2.22. The average molecular weight is 298 g/mol. The van der Waals surface area contributed by atoms with Crippen molar-refractivity contribution < 1.29 is 9.59 Å². The number of amides is 1. The molecular formula is C18H22N2O2. The van der Waals surface area contributed by atoms with Crippen LogP contribution in [0.15, 0.2) is 24.3 Å². The number of nitrogens with zero attached hydrogens (tertiary/aromatic N) is 1. The lowest BCUT2D eigenvalue weighted by Gasteiger charge is -2.16. The molecule has 1 saturated carbocycles. The highest BCUT2D eigenvalue weighted by atomic mass is 16.2. The van der Waals surface area contributed by atoms with Gasteiger partial charge in [-0.05, 0) is 37.1 Å². The molecule has 2 aromatic rings. The first-order valence-corrected chi connectivity index (χ1v) is 7.72. The van der Waals surface area contributed by atoms with Crippen LogP contribution in [0.5, 0.6) is 0 Å². The second-order valence-electron chi connectivity index (χ2n) is 7.20. The molecule has 1 fully saturated rings. The fraction of sp³-hybridized carbons (Fsp3) is 0.444. The molecule has 0 bridgehead atoms. The van der Waals surface area contributed by atoms with Crippen LogP contribution in [0.3, 0.4) is 0 Å². The summed E-state index contributed by atoms with van der Waals surface area (Å²) >= 11 is 0. The zero-order chi connectivity index (χ0) is 16.1. The van der Waals surface area contributed by atoms with Crippen LogP contribution < -0.4 is 5.32 Å². The summed E-state index contributed by atoms with van der Waals surface area (Å²) in [6.45, 7) is 5.77. The Bertz CT molecular complexity index is 761. The van der Waals surface area contributed by atoms with E-state index in [0.717, 1.165) is 29.4 Å². The Morgan fingerprint density at radius 1 is 1.18 bits per heavy atom. The quantitative estimate of drug-likeness (QED) is 0.877. The maximum Gasteiger partial charge on any atom is 0.227 e. The number of rotatable bonds is 3. The molecular weight excluding hydrogens is 276 g/mol. The molecule has 0 aliphatic heterocycles. The highest BCUT2D eigenvalue weighted by molar-refractivity contribution is 6.04. The number of hydrogen-bond acceptors (Lipinski definition) is 2. The summed E-state index contributed by atoms with van der Waals surface area (Å²) < 4.78 is 1.93. The summed E-state index contributed by atoms with van der Waals surface area (Å²) in [5.41, 5.74) is 2.08. The van der Waals surface area contributed by atoms with E-state index in [9.17, 15) is 9.59 Å². The van der Waals surface area contributed by atoms with Gasteiger partial charge in [-0.15, -0.1) is 0 Å². The number of carbonyl (C=O) groups excluding carboxylic acids is 2. The van der Waals surface area contributed by atoms with Gasteiger partial charge in [-0.1, -0.05) is 20.8 Å². The number of fused-ring (bicyclic) bond motifs is 1. The van der Waals surface area contributed by atoms with Crippen molar-refractivity contribution in [2.45, 2.75) is 33.6 Å². The van der Waals surface area contributed by atoms with Gasteiger partial charge in [0.05, 0.1) is 5.69 Å². The topological polar surface area (TPSA) is 51.1 Å². The Labute approximate surface area is 130 Å². The second-order valence-corrected chi connectivity index (χ2v) is 7.20. The first-order valence-electron chi connectivity index (χ1n) is 7.72. The van der Waals surface area contributed by atoms with Crippen LogP contribution in [-0.2, 0) is 11.8 Å². The van der Waals surface area contributed by atoms with Gasteiger partial charge in [-0.3, -0.25) is 9.59 Å². The average Bonchev–Trinajstić information content (AvgIpc) is 3.23. The summed E-state index contributed by atoms with van der Waals surface area (Å²) in [7, 11) is 1.91. The standard InChI is InChI=1S/C18H22N2O2/c1-18(2,3)16(21)15-10-12-9-13(7-8-14(12)20(15)4)19-17(22)11-5-6-11/h7-11H,5-6H2,1-4H3,(H,19,22). The minimum Gasteiger partial charge on any atom is -0.341 e. The molecule has 1 heterocycles. The van der Waals surface area contributed by atoms with Crippen molar-refractivity contribution in [3.63, 3.8) is 0 Å². The maximum atomic E-state index is 12.5. The van der Waals surface area contributed by atoms with Gasteiger partial charge in [0.2, 0.25) is 5.91 Å². The highest BCUT2D eigenvalue weighted by Crippen LogP contribution is 2.31. The van der Waals surface area contributed by atoms with Gasteiger partial charge in [-0.2, -0.15) is 0 Å². The third-order valence-corrected chi connectivity index (χ3v) is 4.17. The molecule has 1 aliphatic carbocycles. The van der Waals surface area contributed by atoms with E-state index in [4.69, 9.17) is 0 Å². The molecule has 0 atom stereocenters. The van der Waals surface area contributed by atoms with Crippen LogP contribution in [0.1, 0.15) is 44.1 Å². The minimum absolute atomic E-state index is 0.0984. The summed E-state index contributed by atoms with van der Waals surface area (Å²) in [6, 6.07) is 7.70. The fourth-order valence-electron chi connectivity index (χ4n) is 2.62. The van der Waals surface area contributed by atoms with Gasteiger partial charge in [0.25, 0.3) is 0 Å². The molecule has 1 amide bonds. The van der Waals surface area contributed by atoms with Crippen molar-refractivity contribution in [1.82, 2.24) is 4.57 Å². The van der Waals surface area contributed by atoms with Crippen LogP contribution >= 0.6 is 0 Å². The summed E-state index contributed by atoms with van der Waals surface area (Å²) in [6.07, 6.45) is 1.98. The number of hydrogen-bond donors (Lipinski definition) is 1. The molecule has 1 aromatic heterocycles. The molecule has 1 aliphatic rings. The van der Waals surface area contributed by atoms with E-state index >= 15 is 0 Å². The molecule has 1 N–H and O–H groups in total. The Morgan fingerprint density at radius 2 is 1.86 bits per heavy atom. The minimum atomic E-state index is -0.412. The van der Waals surface area contributed by atoms with E-state index in [1.165, 1.54) is 0 Å². The number of ketones is 1. The van der Waals surface area contributed by atoms with Crippen molar-refractivity contribution in [2.75, 3.05) is 5.32 Å². The SMILES string of the molecule is Cn1c(C(=O)C(C)(C)C)cc2cc(NC(=O)C3CC3)ccc21. The Morgan fingerprint density at radius 3 is 2.45 bits per heavy atom. The third-order valence-electron chi connectivity index (χ3n) is 4.17. The van der Waals surface area contributed by atoms with E-state index in [1.807, 2.05) is 56.7 Å². The largest absolute Gasteiger partial charge is 0.341 e. The van der Waals surface area contributed by atoms with E-state index in [2.05, 4.69) is 5.32 Å². The molecule has 0 unspecified atom stereocenters. The first kappa shape index (κ1) is 14.8. The smallest absolute Gasteiger partial charge is 0.227 e. The Balaban J connectivity index is 1.95. The number of aryl methyl sites for hydroxylation is 1. The zero-order valence-electron chi connectivity index (χ0n) is 13.6. The van der Waals surface area contributed by atoms with Gasteiger partial charge in [0, 0.05) is 35.0 Å². The van der Waals surface area contributed by atoms with E-state index in [0.29, 0.717) is 5.69 Å². The van der Waals surface area contributed by atoms with Gasteiger partial charge in [0.1, 0.15) is 0 Å². The van der Waals surface area contributed by atoms with Crippen molar-refractivity contribution in [2.24, 2.45) is 18.4 Å². The number of aromatic nitrogens is 1. The van der Waals surface area contributed by atoms with Crippen LogP contribution in [0.4, 0.5) is 5.69 Å². The van der Waals surface area contributed by atoms with Crippen molar-refractivity contribution in [1.29, 1.82) is 0 Å². The zero-order valence-corrected chi connectivity index (χ0v) is 13.6. The molecule has 4 heteroatoms. The van der Waals surface area contributed by atoms with Gasteiger partial charge >= 0.3 is 0 Å². The molecule has 0 spiro atoms. The lowest BCUT2D eigenvalue weighted by atomic mass is 9.89.